The Balaban J connectivity index is 2.01. The molecule has 0 heterocycles. The second-order valence-electron chi connectivity index (χ2n) is 4.15. The average Bonchev–Trinajstić information content (AvgIpc) is 2.45. The molecule has 0 fully saturated rings. The summed E-state index contributed by atoms with van der Waals surface area (Å²) in [6, 6.07) is 7.06. The number of hydrogen-bond donors (Lipinski definition) is 2. The standard InChI is InChI=1S/C14H21ClN2O3/c1-19-11-9-16-7-8-17-14(18)6-10-20-13-4-2-12(15)3-5-13/h2-5,16H,6-11H2,1H3,(H,17,18). The molecular formula is C14H21ClN2O3. The van der Waals surface area contributed by atoms with E-state index in [9.17, 15) is 4.79 Å². The van der Waals surface area contributed by atoms with Crippen molar-refractivity contribution in [1.82, 2.24) is 10.6 Å². The number of halogens is 1. The molecule has 5 nitrogen and oxygen atoms in total. The Hall–Kier alpha value is -1.30. The van der Waals surface area contributed by atoms with Gasteiger partial charge in [0.05, 0.1) is 19.6 Å². The number of rotatable bonds is 10. The van der Waals surface area contributed by atoms with Crippen LogP contribution in [0.2, 0.25) is 5.02 Å². The molecule has 0 aliphatic carbocycles. The molecule has 0 bridgehead atoms. The van der Waals surface area contributed by atoms with Crippen molar-refractivity contribution in [2.24, 2.45) is 0 Å². The van der Waals surface area contributed by atoms with Crippen LogP contribution in [0.1, 0.15) is 6.42 Å². The van der Waals surface area contributed by atoms with Crippen LogP contribution in [0, 0.1) is 0 Å². The van der Waals surface area contributed by atoms with Crippen molar-refractivity contribution >= 4 is 17.5 Å². The minimum atomic E-state index is -0.0208. The number of benzene rings is 1. The van der Waals surface area contributed by atoms with E-state index in [4.69, 9.17) is 21.1 Å². The number of carbonyl (C=O) groups excluding carboxylic acids is 1. The van der Waals surface area contributed by atoms with Gasteiger partial charge in [-0.3, -0.25) is 4.79 Å². The molecule has 0 unspecified atom stereocenters. The van der Waals surface area contributed by atoms with Crippen molar-refractivity contribution < 1.29 is 14.3 Å². The lowest BCUT2D eigenvalue weighted by atomic mass is 10.3. The maximum atomic E-state index is 11.5. The van der Waals surface area contributed by atoms with Crippen molar-refractivity contribution in [2.45, 2.75) is 6.42 Å². The van der Waals surface area contributed by atoms with Crippen LogP contribution in [-0.2, 0) is 9.53 Å². The Labute approximate surface area is 124 Å². The Morgan fingerprint density at radius 3 is 2.60 bits per heavy atom. The fourth-order valence-electron chi connectivity index (χ4n) is 1.47. The van der Waals surface area contributed by atoms with Gasteiger partial charge in [-0.25, -0.2) is 0 Å². The van der Waals surface area contributed by atoms with E-state index >= 15 is 0 Å². The van der Waals surface area contributed by atoms with Crippen molar-refractivity contribution in [3.05, 3.63) is 29.3 Å². The third kappa shape index (κ3) is 7.99. The average molecular weight is 301 g/mol. The van der Waals surface area contributed by atoms with Gasteiger partial charge in [-0.2, -0.15) is 0 Å². The van der Waals surface area contributed by atoms with Gasteiger partial charge in [0.15, 0.2) is 0 Å². The number of amides is 1. The van der Waals surface area contributed by atoms with Crippen molar-refractivity contribution in [1.29, 1.82) is 0 Å². The highest BCUT2D eigenvalue weighted by atomic mass is 35.5. The molecule has 0 aliphatic rings. The summed E-state index contributed by atoms with van der Waals surface area (Å²) in [7, 11) is 1.66. The summed E-state index contributed by atoms with van der Waals surface area (Å²) < 4.78 is 10.3. The normalized spacial score (nSPS) is 10.3. The monoisotopic (exact) mass is 300 g/mol. The Kier molecular flexibility index (Phi) is 8.78. The number of hydrogen-bond acceptors (Lipinski definition) is 4. The summed E-state index contributed by atoms with van der Waals surface area (Å²) >= 11 is 5.77. The summed E-state index contributed by atoms with van der Waals surface area (Å²) in [5, 5.41) is 6.62. The van der Waals surface area contributed by atoms with E-state index in [0.717, 1.165) is 13.1 Å². The Morgan fingerprint density at radius 1 is 1.15 bits per heavy atom. The molecule has 0 aromatic heterocycles. The lowest BCUT2D eigenvalue weighted by Gasteiger charge is -2.08. The highest BCUT2D eigenvalue weighted by Crippen LogP contribution is 2.15. The predicted octanol–water partition coefficient (Wildman–Crippen LogP) is 1.46. The predicted molar refractivity (Wildman–Crippen MR) is 79.3 cm³/mol. The van der Waals surface area contributed by atoms with Gasteiger partial charge in [-0.15, -0.1) is 0 Å². The van der Waals surface area contributed by atoms with E-state index in [0.29, 0.717) is 37.0 Å². The SMILES string of the molecule is COCCNCCNC(=O)CCOc1ccc(Cl)cc1. The zero-order valence-corrected chi connectivity index (χ0v) is 12.4. The van der Waals surface area contributed by atoms with Gasteiger partial charge in [0.1, 0.15) is 5.75 Å². The molecule has 0 spiro atoms. The largest absolute Gasteiger partial charge is 0.493 e. The third-order valence-electron chi connectivity index (χ3n) is 2.52. The molecule has 1 aromatic carbocycles. The third-order valence-corrected chi connectivity index (χ3v) is 2.77. The van der Waals surface area contributed by atoms with Crippen LogP contribution < -0.4 is 15.4 Å². The molecule has 0 saturated heterocycles. The molecular weight excluding hydrogens is 280 g/mol. The minimum Gasteiger partial charge on any atom is -0.493 e. The van der Waals surface area contributed by atoms with Gasteiger partial charge < -0.3 is 20.1 Å². The molecule has 0 saturated carbocycles. The molecule has 1 aromatic rings. The fourth-order valence-corrected chi connectivity index (χ4v) is 1.60. The number of nitrogens with one attached hydrogen (secondary N) is 2. The zero-order valence-electron chi connectivity index (χ0n) is 11.7. The number of ether oxygens (including phenoxy) is 2. The highest BCUT2D eigenvalue weighted by Gasteiger charge is 2.01. The molecule has 0 atom stereocenters. The summed E-state index contributed by atoms with van der Waals surface area (Å²) in [6.45, 7) is 3.14. The second-order valence-corrected chi connectivity index (χ2v) is 4.58. The quantitative estimate of drug-likeness (QED) is 0.642. The second kappa shape index (κ2) is 10.5. The summed E-state index contributed by atoms with van der Waals surface area (Å²) in [6.07, 6.45) is 0.334. The van der Waals surface area contributed by atoms with Crippen LogP contribution in [0.5, 0.6) is 5.75 Å². The maximum Gasteiger partial charge on any atom is 0.223 e. The molecule has 1 amide bonds. The van der Waals surface area contributed by atoms with Crippen LogP contribution in [0.15, 0.2) is 24.3 Å². The first-order valence-corrected chi connectivity index (χ1v) is 6.95. The molecule has 0 radical (unpaired) electrons. The molecule has 6 heteroatoms. The Bertz CT molecular complexity index is 385. The molecule has 0 aliphatic heterocycles. The van der Waals surface area contributed by atoms with E-state index in [1.807, 2.05) is 0 Å². The van der Waals surface area contributed by atoms with Crippen LogP contribution in [-0.4, -0.2) is 45.9 Å². The molecule has 112 valence electrons. The first-order chi connectivity index (χ1) is 9.72. The lowest BCUT2D eigenvalue weighted by molar-refractivity contribution is -0.121. The lowest BCUT2D eigenvalue weighted by Crippen LogP contribution is -2.33. The van der Waals surface area contributed by atoms with Gasteiger partial charge in [-0.1, -0.05) is 11.6 Å². The van der Waals surface area contributed by atoms with Gasteiger partial charge in [-0.05, 0) is 24.3 Å². The van der Waals surface area contributed by atoms with Crippen molar-refractivity contribution in [2.75, 3.05) is 40.0 Å². The van der Waals surface area contributed by atoms with E-state index < -0.39 is 0 Å². The molecule has 1 rings (SSSR count). The van der Waals surface area contributed by atoms with Crippen LogP contribution in [0.4, 0.5) is 0 Å². The highest BCUT2D eigenvalue weighted by molar-refractivity contribution is 6.30. The van der Waals surface area contributed by atoms with E-state index in [2.05, 4.69) is 10.6 Å². The van der Waals surface area contributed by atoms with Crippen LogP contribution in [0.3, 0.4) is 0 Å². The van der Waals surface area contributed by atoms with Crippen LogP contribution in [0.25, 0.3) is 0 Å². The fraction of sp³-hybridized carbons (Fsp3) is 0.500. The Morgan fingerprint density at radius 2 is 1.90 bits per heavy atom. The van der Waals surface area contributed by atoms with Crippen molar-refractivity contribution in [3.8, 4) is 5.75 Å². The zero-order chi connectivity index (χ0) is 14.6. The van der Waals surface area contributed by atoms with Crippen molar-refractivity contribution in [3.63, 3.8) is 0 Å². The molecule has 20 heavy (non-hydrogen) atoms. The summed E-state index contributed by atoms with van der Waals surface area (Å²) in [5.74, 6) is 0.691. The van der Waals surface area contributed by atoms with Gasteiger partial charge in [0, 0.05) is 31.8 Å². The topological polar surface area (TPSA) is 59.6 Å². The van der Waals surface area contributed by atoms with Gasteiger partial charge in [0.2, 0.25) is 5.91 Å². The molecule has 2 N–H and O–H groups in total. The first-order valence-electron chi connectivity index (χ1n) is 6.57. The maximum absolute atomic E-state index is 11.5. The van der Waals surface area contributed by atoms with Gasteiger partial charge in [0.25, 0.3) is 0 Å². The first kappa shape index (κ1) is 16.8. The smallest absolute Gasteiger partial charge is 0.223 e. The van der Waals surface area contributed by atoms with E-state index in [-0.39, 0.29) is 5.91 Å². The van der Waals surface area contributed by atoms with Gasteiger partial charge >= 0.3 is 0 Å². The summed E-state index contributed by atoms with van der Waals surface area (Å²) in [5.41, 5.74) is 0. The summed E-state index contributed by atoms with van der Waals surface area (Å²) in [4.78, 5) is 11.5. The van der Waals surface area contributed by atoms with E-state index in [1.165, 1.54) is 0 Å². The number of methoxy groups -OCH3 is 1. The number of carbonyl (C=O) groups is 1. The van der Waals surface area contributed by atoms with E-state index in [1.54, 1.807) is 31.4 Å². The minimum absolute atomic E-state index is 0.0208. The van der Waals surface area contributed by atoms with Crippen LogP contribution >= 0.6 is 11.6 Å².